The van der Waals surface area contributed by atoms with Gasteiger partial charge in [-0.05, 0) is 75.0 Å². The molecule has 4 aliphatic rings. The van der Waals surface area contributed by atoms with E-state index in [0.717, 1.165) is 37.8 Å². The van der Waals surface area contributed by atoms with E-state index in [9.17, 15) is 4.79 Å². The number of likely N-dealkylation sites (tertiary alicyclic amines) is 1. The molecule has 0 unspecified atom stereocenters. The number of benzene rings is 1. The summed E-state index contributed by atoms with van der Waals surface area (Å²) < 4.78 is 0. The maximum Gasteiger partial charge on any atom is 0.223 e. The van der Waals surface area contributed by atoms with E-state index in [1.165, 1.54) is 61.7 Å². The zero-order chi connectivity index (χ0) is 20.8. The van der Waals surface area contributed by atoms with Crippen LogP contribution in [0, 0.1) is 11.8 Å². The molecule has 4 heteroatoms. The molecule has 3 saturated heterocycles. The number of piperidine rings is 3. The quantitative estimate of drug-likeness (QED) is 0.718. The lowest BCUT2D eigenvalue weighted by Gasteiger charge is -2.54. The highest BCUT2D eigenvalue weighted by Crippen LogP contribution is 2.45. The fraction of sp³-hybridized carbons (Fsp3) is 0.593. The van der Waals surface area contributed by atoms with Crippen LogP contribution < -0.4 is 0 Å². The maximum atomic E-state index is 13.4. The first-order valence-corrected chi connectivity index (χ1v) is 12.6. The molecule has 1 N–H and O–H groups in total. The third kappa shape index (κ3) is 3.53. The molecule has 4 nitrogen and oxygen atoms in total. The Bertz CT molecular complexity index is 991. The van der Waals surface area contributed by atoms with Crippen molar-refractivity contribution in [1.82, 2.24) is 14.8 Å². The number of rotatable bonds is 4. The molecule has 1 aromatic heterocycles. The van der Waals surface area contributed by atoms with Crippen molar-refractivity contribution in [3.8, 4) is 0 Å². The fourth-order valence-corrected chi connectivity index (χ4v) is 7.17. The zero-order valence-corrected chi connectivity index (χ0v) is 18.6. The van der Waals surface area contributed by atoms with E-state index in [2.05, 4.69) is 51.3 Å². The molecule has 4 atom stereocenters. The molecule has 2 bridgehead atoms. The van der Waals surface area contributed by atoms with Crippen LogP contribution in [0.25, 0.3) is 10.9 Å². The molecular weight excluding hydrogens is 382 g/mol. The van der Waals surface area contributed by atoms with E-state index in [1.807, 2.05) is 0 Å². The van der Waals surface area contributed by atoms with Crippen LogP contribution in [0.1, 0.15) is 56.9 Å². The van der Waals surface area contributed by atoms with Gasteiger partial charge in [0.05, 0.1) is 6.04 Å². The van der Waals surface area contributed by atoms with Crippen molar-refractivity contribution >= 4 is 16.8 Å². The Kier molecular flexibility index (Phi) is 5.14. The smallest absolute Gasteiger partial charge is 0.223 e. The number of carbonyl (C=O) groups excluding carboxylic acids is 1. The van der Waals surface area contributed by atoms with Crippen molar-refractivity contribution in [3.63, 3.8) is 0 Å². The molecule has 164 valence electrons. The molecule has 1 amide bonds. The van der Waals surface area contributed by atoms with Gasteiger partial charge in [0.25, 0.3) is 0 Å². The first-order chi connectivity index (χ1) is 15.3. The van der Waals surface area contributed by atoms with Crippen LogP contribution in [0.2, 0.25) is 0 Å². The number of amides is 1. The fourth-order valence-electron chi connectivity index (χ4n) is 7.17. The topological polar surface area (TPSA) is 39.3 Å². The lowest BCUT2D eigenvalue weighted by molar-refractivity contribution is -0.136. The van der Waals surface area contributed by atoms with Crippen molar-refractivity contribution in [1.29, 1.82) is 0 Å². The van der Waals surface area contributed by atoms with E-state index < -0.39 is 0 Å². The lowest BCUT2D eigenvalue weighted by Crippen LogP contribution is -2.60. The van der Waals surface area contributed by atoms with Crippen LogP contribution >= 0.6 is 0 Å². The Morgan fingerprint density at radius 2 is 2.06 bits per heavy atom. The molecule has 0 radical (unpaired) electrons. The van der Waals surface area contributed by atoms with Crippen molar-refractivity contribution in [2.24, 2.45) is 11.8 Å². The first kappa shape index (κ1) is 19.6. The van der Waals surface area contributed by atoms with Gasteiger partial charge in [-0.3, -0.25) is 9.69 Å². The van der Waals surface area contributed by atoms with Gasteiger partial charge < -0.3 is 9.88 Å². The second-order valence-electron chi connectivity index (χ2n) is 10.3. The largest absolute Gasteiger partial charge is 0.361 e. The van der Waals surface area contributed by atoms with Crippen LogP contribution in [0.4, 0.5) is 0 Å². The Morgan fingerprint density at radius 3 is 3.03 bits per heavy atom. The van der Waals surface area contributed by atoms with Gasteiger partial charge in [0, 0.05) is 42.7 Å². The van der Waals surface area contributed by atoms with Crippen LogP contribution in [-0.4, -0.2) is 52.4 Å². The number of aromatic nitrogens is 1. The van der Waals surface area contributed by atoms with Gasteiger partial charge in [-0.25, -0.2) is 0 Å². The zero-order valence-electron chi connectivity index (χ0n) is 18.6. The summed E-state index contributed by atoms with van der Waals surface area (Å²) in [5.41, 5.74) is 4.13. The van der Waals surface area contributed by atoms with Crippen LogP contribution in [0.5, 0.6) is 0 Å². The molecule has 31 heavy (non-hydrogen) atoms. The van der Waals surface area contributed by atoms with Crippen molar-refractivity contribution in [2.45, 2.75) is 69.9 Å². The Morgan fingerprint density at radius 1 is 1.13 bits per heavy atom. The molecule has 6 rings (SSSR count). The summed E-state index contributed by atoms with van der Waals surface area (Å²) in [6.07, 6.45) is 15.1. The van der Waals surface area contributed by atoms with Crippen molar-refractivity contribution < 1.29 is 4.79 Å². The van der Waals surface area contributed by atoms with Gasteiger partial charge in [0.2, 0.25) is 5.91 Å². The standard InChI is InChI=1S/C27H35N3O/c31-26(12-5-7-20-17-28-24-10-2-1-9-23(20)24)30-14-6-8-19-15-21-16-22(27(19)30)18-29-13-4-3-11-25(21)29/h1-2,9-10,15,17,21-22,25,27-28H,3-8,11-14,16,18H2/t21-,22+,25-,27-/m0/s1. The van der Waals surface area contributed by atoms with E-state index in [-0.39, 0.29) is 0 Å². The average molecular weight is 418 g/mol. The summed E-state index contributed by atoms with van der Waals surface area (Å²) in [6, 6.07) is 9.63. The van der Waals surface area contributed by atoms with Crippen LogP contribution in [0.3, 0.4) is 0 Å². The van der Waals surface area contributed by atoms with Gasteiger partial charge in [-0.1, -0.05) is 36.3 Å². The lowest BCUT2D eigenvalue weighted by atomic mass is 9.68. The Labute approximate surface area is 185 Å². The predicted octanol–water partition coefficient (Wildman–Crippen LogP) is 4.91. The van der Waals surface area contributed by atoms with Crippen molar-refractivity contribution in [2.75, 3.05) is 19.6 Å². The number of hydrogen-bond acceptors (Lipinski definition) is 2. The summed E-state index contributed by atoms with van der Waals surface area (Å²) >= 11 is 0. The van der Waals surface area contributed by atoms with Crippen LogP contribution in [0.15, 0.2) is 42.1 Å². The summed E-state index contributed by atoms with van der Waals surface area (Å²) in [7, 11) is 0. The SMILES string of the molecule is O=C(CCCc1c[nH]c2ccccc12)N1CCCC2=C[C@H]3C[C@H](CN4CCCC[C@@H]34)[C@H]21. The number of carbonyl (C=O) groups is 1. The minimum absolute atomic E-state index is 0.383. The van der Waals surface area contributed by atoms with Gasteiger partial charge in [0.1, 0.15) is 0 Å². The minimum atomic E-state index is 0.383. The number of hydrogen-bond donors (Lipinski definition) is 1. The summed E-state index contributed by atoms with van der Waals surface area (Å²) in [6.45, 7) is 3.44. The number of nitrogens with zero attached hydrogens (tertiary/aromatic N) is 2. The molecular formula is C27H35N3O. The summed E-state index contributed by atoms with van der Waals surface area (Å²) in [5.74, 6) is 1.77. The molecule has 2 aromatic rings. The van der Waals surface area contributed by atoms with Gasteiger partial charge in [-0.15, -0.1) is 0 Å². The van der Waals surface area contributed by atoms with Gasteiger partial charge >= 0.3 is 0 Å². The third-order valence-corrected chi connectivity index (χ3v) is 8.49. The number of aryl methyl sites for hydroxylation is 1. The van der Waals surface area contributed by atoms with Crippen molar-refractivity contribution in [3.05, 3.63) is 47.7 Å². The third-order valence-electron chi connectivity index (χ3n) is 8.49. The number of nitrogens with one attached hydrogen (secondary N) is 1. The highest BCUT2D eigenvalue weighted by molar-refractivity contribution is 5.83. The Hall–Kier alpha value is -2.07. The number of fused-ring (bicyclic) bond motifs is 7. The molecule has 3 aliphatic heterocycles. The van der Waals surface area contributed by atoms with Gasteiger partial charge in [0.15, 0.2) is 0 Å². The summed E-state index contributed by atoms with van der Waals surface area (Å²) in [5, 5.41) is 1.30. The highest BCUT2D eigenvalue weighted by Gasteiger charge is 2.46. The number of H-pyrrole nitrogens is 1. The minimum Gasteiger partial charge on any atom is -0.361 e. The van der Waals surface area contributed by atoms with Gasteiger partial charge in [-0.2, -0.15) is 0 Å². The van der Waals surface area contributed by atoms with E-state index in [4.69, 9.17) is 0 Å². The highest BCUT2D eigenvalue weighted by atomic mass is 16.2. The monoisotopic (exact) mass is 417 g/mol. The molecule has 4 heterocycles. The second-order valence-corrected chi connectivity index (χ2v) is 10.3. The molecule has 0 spiro atoms. The second kappa shape index (κ2) is 8.12. The maximum absolute atomic E-state index is 13.4. The number of aromatic amines is 1. The molecule has 1 aromatic carbocycles. The van der Waals surface area contributed by atoms with E-state index >= 15 is 0 Å². The van der Waals surface area contributed by atoms with E-state index in [1.54, 1.807) is 5.57 Å². The molecule has 0 saturated carbocycles. The molecule has 3 fully saturated rings. The van der Waals surface area contributed by atoms with E-state index in [0.29, 0.717) is 24.3 Å². The van der Waals surface area contributed by atoms with Crippen LogP contribution in [-0.2, 0) is 11.2 Å². The summed E-state index contributed by atoms with van der Waals surface area (Å²) in [4.78, 5) is 21.8. The molecule has 1 aliphatic carbocycles. The number of para-hydroxylation sites is 1. The Balaban J connectivity index is 1.14. The first-order valence-electron chi connectivity index (χ1n) is 12.6. The predicted molar refractivity (Wildman–Crippen MR) is 125 cm³/mol. The average Bonchev–Trinajstić information content (AvgIpc) is 3.22. The normalized spacial score (nSPS) is 30.6.